The summed E-state index contributed by atoms with van der Waals surface area (Å²) in [6.45, 7) is 6.44. The van der Waals surface area contributed by atoms with Gasteiger partial charge in [0.15, 0.2) is 18.9 Å². The topological polar surface area (TPSA) is 55.4 Å². The van der Waals surface area contributed by atoms with Crippen LogP contribution in [0.1, 0.15) is 82.6 Å². The largest absolute Gasteiger partial charge is 0.353 e. The van der Waals surface area contributed by atoms with Crippen LogP contribution in [-0.2, 0) is 34.8 Å². The Labute approximate surface area is 241 Å². The van der Waals surface area contributed by atoms with Crippen molar-refractivity contribution in [2.75, 3.05) is 19.8 Å². The lowest BCUT2D eigenvalue weighted by Gasteiger charge is -2.30. The van der Waals surface area contributed by atoms with Crippen LogP contribution in [0.2, 0.25) is 0 Å². The lowest BCUT2D eigenvalue weighted by molar-refractivity contribution is -0.203. The van der Waals surface area contributed by atoms with Crippen molar-refractivity contribution in [2.24, 2.45) is 11.8 Å². The molecule has 0 bridgehead atoms. The zero-order valence-electron chi connectivity index (χ0n) is 24.2. The third-order valence-corrected chi connectivity index (χ3v) is 8.81. The van der Waals surface area contributed by atoms with Crippen molar-refractivity contribution in [2.45, 2.75) is 121 Å². The summed E-state index contributed by atoms with van der Waals surface area (Å²) in [7, 11) is 0. The SMILES string of the molecule is C=CC[C@@H]1[C@@H](/C=C/[C@H](CCc2ccccc2)OC2CCCCO2)[C@H](OC2CCCCO2)C[C@@H]1OC1CCCCO1. The molecule has 1 aliphatic carbocycles. The van der Waals surface area contributed by atoms with Crippen molar-refractivity contribution >= 4 is 0 Å². The van der Waals surface area contributed by atoms with Gasteiger partial charge in [0.1, 0.15) is 0 Å². The molecule has 6 nitrogen and oxygen atoms in total. The molecule has 222 valence electrons. The number of ether oxygens (including phenoxy) is 6. The molecule has 3 saturated heterocycles. The first-order chi connectivity index (χ1) is 19.8. The molecule has 6 heteroatoms. The number of rotatable bonds is 13. The summed E-state index contributed by atoms with van der Waals surface area (Å²) in [5.74, 6) is 0.459. The Kier molecular flexibility index (Phi) is 12.1. The van der Waals surface area contributed by atoms with Gasteiger partial charge in [-0.25, -0.2) is 0 Å². The predicted octanol–water partition coefficient (Wildman–Crippen LogP) is 7.12. The maximum atomic E-state index is 6.68. The van der Waals surface area contributed by atoms with E-state index in [1.807, 2.05) is 6.08 Å². The molecule has 4 fully saturated rings. The van der Waals surface area contributed by atoms with Crippen molar-refractivity contribution in [3.05, 3.63) is 60.7 Å². The molecule has 1 aromatic rings. The second-order valence-electron chi connectivity index (χ2n) is 11.8. The Balaban J connectivity index is 1.32. The molecular formula is C34H50O6. The smallest absolute Gasteiger partial charge is 0.158 e. The van der Waals surface area contributed by atoms with E-state index in [-0.39, 0.29) is 49.0 Å². The summed E-state index contributed by atoms with van der Waals surface area (Å²) in [4.78, 5) is 0. The fourth-order valence-corrected chi connectivity index (χ4v) is 6.61. The standard InChI is InChI=1S/C34H50O6/c1-2-12-28-29(21-20-27(38-32-15-6-9-22-35-32)19-18-26-13-4-3-5-14-26)31(40-34-17-8-11-24-37-34)25-30(28)39-33-16-7-10-23-36-33/h2-5,13-14,20-21,27-34H,1,6-12,15-19,22-25H2/b21-20+/t27-,28+,29+,30-,31+,32?,33?,34?/m0/s1. The van der Waals surface area contributed by atoms with Gasteiger partial charge < -0.3 is 28.4 Å². The maximum absolute atomic E-state index is 6.68. The van der Waals surface area contributed by atoms with Crippen LogP contribution in [0, 0.1) is 11.8 Å². The van der Waals surface area contributed by atoms with E-state index >= 15 is 0 Å². The molecule has 1 aromatic carbocycles. The number of benzene rings is 1. The molecular weight excluding hydrogens is 504 g/mol. The van der Waals surface area contributed by atoms with Gasteiger partial charge in [0.05, 0.1) is 18.3 Å². The molecule has 0 radical (unpaired) electrons. The van der Waals surface area contributed by atoms with Gasteiger partial charge in [0.25, 0.3) is 0 Å². The summed E-state index contributed by atoms with van der Waals surface area (Å²) < 4.78 is 37.8. The van der Waals surface area contributed by atoms with E-state index in [1.165, 1.54) is 5.56 Å². The Morgan fingerprint density at radius 3 is 2.02 bits per heavy atom. The number of aryl methyl sites for hydroxylation is 1. The molecule has 0 amide bonds. The monoisotopic (exact) mass is 554 g/mol. The molecule has 3 aliphatic heterocycles. The van der Waals surface area contributed by atoms with Crippen LogP contribution in [0.25, 0.3) is 0 Å². The summed E-state index contributed by atoms with van der Waals surface area (Å²) in [5, 5.41) is 0. The van der Waals surface area contributed by atoms with Crippen molar-refractivity contribution in [1.29, 1.82) is 0 Å². The highest BCUT2D eigenvalue weighted by atomic mass is 16.7. The lowest BCUT2D eigenvalue weighted by atomic mass is 9.89. The number of hydrogen-bond acceptors (Lipinski definition) is 6. The molecule has 8 atom stereocenters. The first-order valence-corrected chi connectivity index (χ1v) is 15.9. The normalized spacial score (nSPS) is 34.1. The average Bonchev–Trinajstić information content (AvgIpc) is 3.31. The molecule has 1 saturated carbocycles. The van der Waals surface area contributed by atoms with E-state index in [2.05, 4.69) is 49.1 Å². The minimum atomic E-state index is -0.135. The van der Waals surface area contributed by atoms with Crippen LogP contribution in [-0.4, -0.2) is 57.0 Å². The first kappa shape index (κ1) is 29.9. The van der Waals surface area contributed by atoms with Gasteiger partial charge in [-0.3, -0.25) is 0 Å². The molecule has 0 N–H and O–H groups in total. The molecule has 4 aliphatic rings. The summed E-state index contributed by atoms with van der Waals surface area (Å²) >= 11 is 0. The van der Waals surface area contributed by atoms with Gasteiger partial charge in [-0.05, 0) is 88.5 Å². The predicted molar refractivity (Wildman–Crippen MR) is 156 cm³/mol. The Morgan fingerprint density at radius 1 is 0.800 bits per heavy atom. The van der Waals surface area contributed by atoms with Gasteiger partial charge in [-0.15, -0.1) is 6.58 Å². The van der Waals surface area contributed by atoms with Crippen molar-refractivity contribution in [1.82, 2.24) is 0 Å². The minimum Gasteiger partial charge on any atom is -0.353 e. The van der Waals surface area contributed by atoms with Crippen molar-refractivity contribution in [3.63, 3.8) is 0 Å². The number of hydrogen-bond donors (Lipinski definition) is 0. The Hall–Kier alpha value is -1.54. The molecule has 5 rings (SSSR count). The van der Waals surface area contributed by atoms with E-state index in [0.717, 1.165) is 103 Å². The first-order valence-electron chi connectivity index (χ1n) is 15.9. The zero-order chi connectivity index (χ0) is 27.4. The second kappa shape index (κ2) is 16.2. The van der Waals surface area contributed by atoms with E-state index < -0.39 is 0 Å². The van der Waals surface area contributed by atoms with E-state index in [1.54, 1.807) is 0 Å². The molecule has 40 heavy (non-hydrogen) atoms. The quantitative estimate of drug-likeness (QED) is 0.242. The third-order valence-electron chi connectivity index (χ3n) is 8.81. The number of allylic oxidation sites excluding steroid dienone is 1. The van der Waals surface area contributed by atoms with Crippen LogP contribution >= 0.6 is 0 Å². The van der Waals surface area contributed by atoms with Crippen LogP contribution < -0.4 is 0 Å². The lowest BCUT2D eigenvalue weighted by Crippen LogP contribution is -2.31. The highest BCUT2D eigenvalue weighted by Gasteiger charge is 2.45. The van der Waals surface area contributed by atoms with Gasteiger partial charge in [0.2, 0.25) is 0 Å². The molecule has 0 spiro atoms. The third kappa shape index (κ3) is 8.98. The van der Waals surface area contributed by atoms with Crippen molar-refractivity contribution < 1.29 is 28.4 Å². The minimum absolute atomic E-state index is 0.0265. The Morgan fingerprint density at radius 2 is 1.43 bits per heavy atom. The highest BCUT2D eigenvalue weighted by Crippen LogP contribution is 2.42. The average molecular weight is 555 g/mol. The zero-order valence-corrected chi connectivity index (χ0v) is 24.2. The van der Waals surface area contributed by atoms with Gasteiger partial charge >= 0.3 is 0 Å². The highest BCUT2D eigenvalue weighted by molar-refractivity contribution is 5.15. The maximum Gasteiger partial charge on any atom is 0.158 e. The summed E-state index contributed by atoms with van der Waals surface area (Å²) in [6.07, 6.45) is 19.6. The van der Waals surface area contributed by atoms with E-state index in [0.29, 0.717) is 0 Å². The van der Waals surface area contributed by atoms with Crippen molar-refractivity contribution in [3.8, 4) is 0 Å². The van der Waals surface area contributed by atoms with E-state index in [9.17, 15) is 0 Å². The second-order valence-corrected chi connectivity index (χ2v) is 11.8. The summed E-state index contributed by atoms with van der Waals surface area (Å²) in [5.41, 5.74) is 1.33. The van der Waals surface area contributed by atoms with Gasteiger partial charge in [-0.2, -0.15) is 0 Å². The fourth-order valence-electron chi connectivity index (χ4n) is 6.61. The van der Waals surface area contributed by atoms with Crippen LogP contribution in [0.4, 0.5) is 0 Å². The van der Waals surface area contributed by atoms with Gasteiger partial charge in [-0.1, -0.05) is 48.6 Å². The van der Waals surface area contributed by atoms with Gasteiger partial charge in [0, 0.05) is 32.2 Å². The molecule has 0 aromatic heterocycles. The Bertz CT molecular complexity index is 872. The molecule has 3 heterocycles. The van der Waals surface area contributed by atoms with Crippen LogP contribution in [0.3, 0.4) is 0 Å². The fraction of sp³-hybridized carbons (Fsp3) is 0.706. The summed E-state index contributed by atoms with van der Waals surface area (Å²) in [6, 6.07) is 10.7. The van der Waals surface area contributed by atoms with Crippen LogP contribution in [0.15, 0.2) is 55.1 Å². The van der Waals surface area contributed by atoms with E-state index in [4.69, 9.17) is 28.4 Å². The van der Waals surface area contributed by atoms with Crippen LogP contribution in [0.5, 0.6) is 0 Å². The molecule has 3 unspecified atom stereocenters.